The van der Waals surface area contributed by atoms with Crippen molar-refractivity contribution < 1.29 is 9.53 Å². The van der Waals surface area contributed by atoms with Crippen LogP contribution in [0.5, 0.6) is 0 Å². The maximum Gasteiger partial charge on any atom is 0.306 e. The molecule has 2 nitrogen and oxygen atoms in total. The lowest BCUT2D eigenvalue weighted by Gasteiger charge is -2.03. The number of allylic oxidation sites excluding steroid dienone is 3. The van der Waals surface area contributed by atoms with E-state index in [1.165, 1.54) is 96.3 Å². The number of ether oxygens (including phenoxy) is 1. The van der Waals surface area contributed by atoms with Crippen LogP contribution in [0, 0.1) is 0 Å². The summed E-state index contributed by atoms with van der Waals surface area (Å²) in [5.41, 5.74) is 0. The SMILES string of the molecule is CCCCCCCCCCCCCCCCCC=CC=CC1CCC(=O)O1. The van der Waals surface area contributed by atoms with E-state index in [1.807, 2.05) is 12.2 Å². The van der Waals surface area contributed by atoms with Gasteiger partial charge in [-0.25, -0.2) is 0 Å². The van der Waals surface area contributed by atoms with Gasteiger partial charge in [0.1, 0.15) is 6.10 Å². The van der Waals surface area contributed by atoms with Crippen molar-refractivity contribution in [2.24, 2.45) is 0 Å². The molecule has 1 heterocycles. The monoisotopic (exact) mass is 376 g/mol. The molecule has 156 valence electrons. The number of rotatable bonds is 18. The number of carbonyl (C=O) groups is 1. The summed E-state index contributed by atoms with van der Waals surface area (Å²) in [6.45, 7) is 2.29. The summed E-state index contributed by atoms with van der Waals surface area (Å²) in [5, 5.41) is 0. The zero-order valence-corrected chi connectivity index (χ0v) is 17.9. The quantitative estimate of drug-likeness (QED) is 0.137. The van der Waals surface area contributed by atoms with Crippen LogP contribution in [0.25, 0.3) is 0 Å². The van der Waals surface area contributed by atoms with E-state index in [1.54, 1.807) is 0 Å². The van der Waals surface area contributed by atoms with E-state index in [0.29, 0.717) is 6.42 Å². The highest BCUT2D eigenvalue weighted by atomic mass is 16.5. The molecule has 1 unspecified atom stereocenters. The standard InChI is InChI=1S/C25H44O2/c1-2-3-4-5-6-7-8-9-10-11-12-13-14-15-16-17-18-19-20-21-24-22-23-25(26)27-24/h18-21,24H,2-17,22-23H2,1H3. The highest BCUT2D eigenvalue weighted by Gasteiger charge is 2.19. The topological polar surface area (TPSA) is 26.3 Å². The Hall–Kier alpha value is -1.05. The first-order chi connectivity index (χ1) is 13.3. The molecular formula is C25H44O2. The Bertz CT molecular complexity index is 397. The lowest BCUT2D eigenvalue weighted by atomic mass is 10.0. The summed E-state index contributed by atoms with van der Waals surface area (Å²) in [7, 11) is 0. The number of cyclic esters (lactones) is 1. The molecule has 1 aliphatic rings. The van der Waals surface area contributed by atoms with Gasteiger partial charge in [-0.1, -0.05) is 115 Å². The second-order valence-electron chi connectivity index (χ2n) is 8.12. The van der Waals surface area contributed by atoms with Crippen LogP contribution in [0.4, 0.5) is 0 Å². The van der Waals surface area contributed by atoms with Crippen molar-refractivity contribution >= 4 is 5.97 Å². The van der Waals surface area contributed by atoms with Gasteiger partial charge in [-0.05, 0) is 25.3 Å². The van der Waals surface area contributed by atoms with Crippen molar-refractivity contribution in [3.63, 3.8) is 0 Å². The van der Waals surface area contributed by atoms with Crippen LogP contribution >= 0.6 is 0 Å². The van der Waals surface area contributed by atoms with Gasteiger partial charge in [-0.3, -0.25) is 4.79 Å². The Balaban J connectivity index is 1.73. The largest absolute Gasteiger partial charge is 0.458 e. The van der Waals surface area contributed by atoms with Crippen LogP contribution in [0.3, 0.4) is 0 Å². The van der Waals surface area contributed by atoms with E-state index in [2.05, 4.69) is 19.1 Å². The maximum atomic E-state index is 11.0. The fourth-order valence-electron chi connectivity index (χ4n) is 3.68. The van der Waals surface area contributed by atoms with Crippen LogP contribution in [0.2, 0.25) is 0 Å². The first kappa shape index (κ1) is 24.0. The molecule has 1 rings (SSSR count). The molecule has 0 aliphatic carbocycles. The molecular weight excluding hydrogens is 332 g/mol. The van der Waals surface area contributed by atoms with Gasteiger partial charge in [0, 0.05) is 6.42 Å². The Morgan fingerprint density at radius 2 is 1.30 bits per heavy atom. The molecule has 1 fully saturated rings. The molecule has 0 aromatic heterocycles. The molecule has 0 amide bonds. The summed E-state index contributed by atoms with van der Waals surface area (Å²) < 4.78 is 5.14. The van der Waals surface area contributed by atoms with Crippen molar-refractivity contribution in [1.29, 1.82) is 0 Å². The minimum Gasteiger partial charge on any atom is -0.458 e. The van der Waals surface area contributed by atoms with Crippen LogP contribution in [0.15, 0.2) is 24.3 Å². The number of unbranched alkanes of at least 4 members (excludes halogenated alkanes) is 15. The van der Waals surface area contributed by atoms with Crippen molar-refractivity contribution in [3.8, 4) is 0 Å². The minimum absolute atomic E-state index is 0.00736. The number of carbonyl (C=O) groups excluding carboxylic acids is 1. The third kappa shape index (κ3) is 15.7. The fourth-order valence-corrected chi connectivity index (χ4v) is 3.68. The fraction of sp³-hybridized carbons (Fsp3) is 0.800. The van der Waals surface area contributed by atoms with Gasteiger partial charge >= 0.3 is 5.97 Å². The van der Waals surface area contributed by atoms with E-state index >= 15 is 0 Å². The van der Waals surface area contributed by atoms with Gasteiger partial charge < -0.3 is 4.74 Å². The number of hydrogen-bond acceptors (Lipinski definition) is 2. The Kier molecular flexibility index (Phi) is 16.3. The van der Waals surface area contributed by atoms with Gasteiger partial charge in [0.15, 0.2) is 0 Å². The summed E-state index contributed by atoms with van der Waals surface area (Å²) in [6.07, 6.45) is 32.2. The average molecular weight is 377 g/mol. The van der Waals surface area contributed by atoms with Crippen LogP contribution < -0.4 is 0 Å². The molecule has 0 saturated carbocycles. The van der Waals surface area contributed by atoms with Crippen LogP contribution in [-0.4, -0.2) is 12.1 Å². The van der Waals surface area contributed by atoms with Gasteiger partial charge in [0.25, 0.3) is 0 Å². The van der Waals surface area contributed by atoms with E-state index < -0.39 is 0 Å². The lowest BCUT2D eigenvalue weighted by molar-refractivity contribution is -0.139. The first-order valence-corrected chi connectivity index (χ1v) is 11.9. The maximum absolute atomic E-state index is 11.0. The number of hydrogen-bond donors (Lipinski definition) is 0. The van der Waals surface area contributed by atoms with Gasteiger partial charge in [-0.2, -0.15) is 0 Å². The summed E-state index contributed by atoms with van der Waals surface area (Å²) in [4.78, 5) is 11.0. The highest BCUT2D eigenvalue weighted by molar-refractivity contribution is 5.71. The van der Waals surface area contributed by atoms with Gasteiger partial charge in [-0.15, -0.1) is 0 Å². The molecule has 0 aromatic carbocycles. The predicted octanol–water partition coefficient (Wildman–Crippen LogP) is 8.07. The van der Waals surface area contributed by atoms with E-state index in [9.17, 15) is 4.79 Å². The minimum atomic E-state index is -0.0635. The summed E-state index contributed by atoms with van der Waals surface area (Å²) in [6, 6.07) is 0. The normalized spacial score (nSPS) is 17.4. The molecule has 2 heteroatoms. The van der Waals surface area contributed by atoms with Crippen LogP contribution in [0.1, 0.15) is 122 Å². The molecule has 0 spiro atoms. The van der Waals surface area contributed by atoms with Gasteiger partial charge in [0.2, 0.25) is 0 Å². The van der Waals surface area contributed by atoms with E-state index in [-0.39, 0.29) is 12.1 Å². The second kappa shape index (κ2) is 18.3. The Morgan fingerprint density at radius 3 is 1.78 bits per heavy atom. The van der Waals surface area contributed by atoms with Crippen molar-refractivity contribution in [3.05, 3.63) is 24.3 Å². The van der Waals surface area contributed by atoms with Gasteiger partial charge in [0.05, 0.1) is 0 Å². The molecule has 0 N–H and O–H groups in total. The van der Waals surface area contributed by atoms with Crippen molar-refractivity contribution in [2.45, 2.75) is 129 Å². The van der Waals surface area contributed by atoms with E-state index in [0.717, 1.165) is 12.8 Å². The zero-order chi connectivity index (χ0) is 19.4. The molecule has 1 saturated heterocycles. The lowest BCUT2D eigenvalue weighted by Crippen LogP contribution is -2.01. The Labute approximate surface area is 168 Å². The summed E-state index contributed by atoms with van der Waals surface area (Å²) in [5.74, 6) is -0.0635. The van der Waals surface area contributed by atoms with Crippen molar-refractivity contribution in [1.82, 2.24) is 0 Å². The summed E-state index contributed by atoms with van der Waals surface area (Å²) >= 11 is 0. The highest BCUT2D eigenvalue weighted by Crippen LogP contribution is 2.15. The first-order valence-electron chi connectivity index (χ1n) is 11.9. The zero-order valence-electron chi connectivity index (χ0n) is 17.9. The Morgan fingerprint density at radius 1 is 0.778 bits per heavy atom. The third-order valence-electron chi connectivity index (χ3n) is 5.46. The molecule has 1 aliphatic heterocycles. The molecule has 0 aromatic rings. The average Bonchev–Trinajstić information content (AvgIpc) is 3.09. The smallest absolute Gasteiger partial charge is 0.306 e. The molecule has 0 radical (unpaired) electrons. The third-order valence-corrected chi connectivity index (χ3v) is 5.46. The second-order valence-corrected chi connectivity index (χ2v) is 8.12. The molecule has 0 bridgehead atoms. The van der Waals surface area contributed by atoms with Crippen molar-refractivity contribution in [2.75, 3.05) is 0 Å². The van der Waals surface area contributed by atoms with Crippen LogP contribution in [-0.2, 0) is 9.53 Å². The molecule has 27 heavy (non-hydrogen) atoms. The number of esters is 1. The predicted molar refractivity (Wildman–Crippen MR) is 117 cm³/mol. The van der Waals surface area contributed by atoms with E-state index in [4.69, 9.17) is 4.74 Å². The molecule has 1 atom stereocenters.